The molecule has 114 valence electrons. The third-order valence-electron chi connectivity index (χ3n) is 2.75. The molecule has 0 heterocycles. The number of carboxylic acids is 1. The molecule has 2 N–H and O–H groups in total. The fourth-order valence-corrected chi connectivity index (χ4v) is 1.95. The molecule has 0 aliphatic carbocycles. The molecule has 20 heavy (non-hydrogen) atoms. The Labute approximate surface area is 120 Å². The Bertz CT molecular complexity index is 350. The summed E-state index contributed by atoms with van der Waals surface area (Å²) >= 11 is 0. The molecule has 6 heteroatoms. The van der Waals surface area contributed by atoms with Crippen molar-refractivity contribution in [2.24, 2.45) is 5.92 Å². The molecule has 1 unspecified atom stereocenters. The summed E-state index contributed by atoms with van der Waals surface area (Å²) in [5.41, 5.74) is 0. The number of nitriles is 1. The Kier molecular flexibility index (Phi) is 9.18. The van der Waals surface area contributed by atoms with Gasteiger partial charge < -0.3 is 15.3 Å². The molecule has 0 aromatic rings. The van der Waals surface area contributed by atoms with Crippen LogP contribution in [-0.2, 0) is 4.79 Å². The normalized spacial score (nSPS) is 11.8. The molecule has 0 fully saturated rings. The van der Waals surface area contributed by atoms with Crippen molar-refractivity contribution in [1.82, 2.24) is 10.2 Å². The van der Waals surface area contributed by atoms with Crippen LogP contribution in [0.15, 0.2) is 0 Å². The van der Waals surface area contributed by atoms with Crippen LogP contribution in [0.25, 0.3) is 0 Å². The monoisotopic (exact) mass is 283 g/mol. The van der Waals surface area contributed by atoms with Crippen molar-refractivity contribution in [2.75, 3.05) is 13.1 Å². The fourth-order valence-electron chi connectivity index (χ4n) is 1.95. The van der Waals surface area contributed by atoms with Crippen LogP contribution in [-0.4, -0.2) is 41.1 Å². The highest BCUT2D eigenvalue weighted by molar-refractivity contribution is 5.76. The number of amides is 2. The second-order valence-electron chi connectivity index (χ2n) is 5.28. The first-order valence-corrected chi connectivity index (χ1v) is 7.04. The standard InChI is InChI=1S/C14H25N3O3/c1-4-6-12(9-13(18)19)16-14(20)17(8-5-7-15)10-11(2)3/h11-12H,4-6,8-10H2,1-3H3,(H,16,20)(H,18,19). The van der Waals surface area contributed by atoms with Crippen LogP contribution in [0.2, 0.25) is 0 Å². The number of rotatable bonds is 9. The highest BCUT2D eigenvalue weighted by Gasteiger charge is 2.20. The highest BCUT2D eigenvalue weighted by Crippen LogP contribution is 2.06. The van der Waals surface area contributed by atoms with E-state index >= 15 is 0 Å². The van der Waals surface area contributed by atoms with E-state index in [2.05, 4.69) is 5.32 Å². The van der Waals surface area contributed by atoms with Gasteiger partial charge in [-0.05, 0) is 12.3 Å². The van der Waals surface area contributed by atoms with E-state index in [1.165, 1.54) is 0 Å². The lowest BCUT2D eigenvalue weighted by Gasteiger charge is -2.26. The van der Waals surface area contributed by atoms with Crippen LogP contribution in [0.5, 0.6) is 0 Å². The molecular weight excluding hydrogens is 258 g/mol. The Morgan fingerprint density at radius 1 is 1.40 bits per heavy atom. The van der Waals surface area contributed by atoms with E-state index in [9.17, 15) is 9.59 Å². The Hall–Kier alpha value is -1.77. The molecule has 0 rings (SSSR count). The van der Waals surface area contributed by atoms with Crippen molar-refractivity contribution in [3.05, 3.63) is 0 Å². The lowest BCUT2D eigenvalue weighted by atomic mass is 10.1. The molecule has 0 aliphatic rings. The topological polar surface area (TPSA) is 93.4 Å². The van der Waals surface area contributed by atoms with E-state index < -0.39 is 5.97 Å². The molecule has 0 aliphatic heterocycles. The number of nitrogens with one attached hydrogen (secondary N) is 1. The van der Waals surface area contributed by atoms with Gasteiger partial charge in [-0.3, -0.25) is 4.79 Å². The number of nitrogens with zero attached hydrogens (tertiary/aromatic N) is 2. The molecule has 1 atom stereocenters. The number of urea groups is 1. The fraction of sp³-hybridized carbons (Fsp3) is 0.786. The van der Waals surface area contributed by atoms with Gasteiger partial charge in [0.15, 0.2) is 0 Å². The summed E-state index contributed by atoms with van der Waals surface area (Å²) in [5.74, 6) is -0.625. The van der Waals surface area contributed by atoms with Crippen molar-refractivity contribution in [2.45, 2.75) is 52.5 Å². The summed E-state index contributed by atoms with van der Waals surface area (Å²) in [6, 6.07) is 1.38. The predicted molar refractivity (Wildman–Crippen MR) is 76.1 cm³/mol. The van der Waals surface area contributed by atoms with Crippen LogP contribution in [0, 0.1) is 17.2 Å². The van der Waals surface area contributed by atoms with Gasteiger partial charge in [-0.25, -0.2) is 4.79 Å². The van der Waals surface area contributed by atoms with Gasteiger partial charge in [0, 0.05) is 19.1 Å². The lowest BCUT2D eigenvalue weighted by Crippen LogP contribution is -2.47. The number of hydrogen-bond acceptors (Lipinski definition) is 3. The predicted octanol–water partition coefficient (Wildman–Crippen LogP) is 2.21. The van der Waals surface area contributed by atoms with Crippen molar-refractivity contribution < 1.29 is 14.7 Å². The smallest absolute Gasteiger partial charge is 0.317 e. The minimum Gasteiger partial charge on any atom is -0.481 e. The molecule has 0 spiro atoms. The molecule has 0 aromatic carbocycles. The Balaban J connectivity index is 4.59. The molecule has 0 saturated carbocycles. The van der Waals surface area contributed by atoms with Crippen molar-refractivity contribution in [3.63, 3.8) is 0 Å². The van der Waals surface area contributed by atoms with Crippen molar-refractivity contribution >= 4 is 12.0 Å². The molecule has 6 nitrogen and oxygen atoms in total. The second-order valence-corrected chi connectivity index (χ2v) is 5.28. The summed E-state index contributed by atoms with van der Waals surface area (Å²) in [7, 11) is 0. The maximum atomic E-state index is 12.2. The number of carbonyl (C=O) groups excluding carboxylic acids is 1. The highest BCUT2D eigenvalue weighted by atomic mass is 16.4. The average molecular weight is 283 g/mol. The van der Waals surface area contributed by atoms with E-state index in [4.69, 9.17) is 10.4 Å². The molecule has 2 amide bonds. The molecule has 0 bridgehead atoms. The van der Waals surface area contributed by atoms with E-state index in [1.807, 2.05) is 26.8 Å². The third kappa shape index (κ3) is 8.35. The van der Waals surface area contributed by atoms with E-state index in [-0.39, 0.29) is 24.9 Å². The van der Waals surface area contributed by atoms with Crippen LogP contribution in [0.4, 0.5) is 4.79 Å². The van der Waals surface area contributed by atoms with Gasteiger partial charge in [0.1, 0.15) is 0 Å². The maximum absolute atomic E-state index is 12.2. The number of hydrogen-bond donors (Lipinski definition) is 2. The van der Waals surface area contributed by atoms with Crippen LogP contribution in [0.3, 0.4) is 0 Å². The summed E-state index contributed by atoms with van der Waals surface area (Å²) < 4.78 is 0. The minimum absolute atomic E-state index is 0.0760. The second kappa shape index (κ2) is 10.1. The number of carbonyl (C=O) groups is 2. The summed E-state index contributed by atoms with van der Waals surface area (Å²) in [5, 5.41) is 20.2. The first kappa shape index (κ1) is 18.2. The lowest BCUT2D eigenvalue weighted by molar-refractivity contribution is -0.137. The zero-order valence-electron chi connectivity index (χ0n) is 12.6. The zero-order valence-corrected chi connectivity index (χ0v) is 12.6. The molecule has 0 saturated heterocycles. The molecular formula is C14H25N3O3. The maximum Gasteiger partial charge on any atom is 0.317 e. The molecule has 0 aromatic heterocycles. The van der Waals surface area contributed by atoms with Crippen LogP contribution in [0.1, 0.15) is 46.5 Å². The zero-order chi connectivity index (χ0) is 15.5. The van der Waals surface area contributed by atoms with Gasteiger partial charge in [-0.1, -0.05) is 27.2 Å². The number of aliphatic carboxylic acids is 1. The van der Waals surface area contributed by atoms with Gasteiger partial charge in [-0.15, -0.1) is 0 Å². The van der Waals surface area contributed by atoms with Gasteiger partial charge in [0.25, 0.3) is 0 Å². The minimum atomic E-state index is -0.920. The van der Waals surface area contributed by atoms with Gasteiger partial charge in [-0.2, -0.15) is 5.26 Å². The Morgan fingerprint density at radius 3 is 2.50 bits per heavy atom. The quantitative estimate of drug-likeness (QED) is 0.678. The van der Waals surface area contributed by atoms with Crippen molar-refractivity contribution in [1.29, 1.82) is 5.26 Å². The van der Waals surface area contributed by atoms with Crippen molar-refractivity contribution in [3.8, 4) is 6.07 Å². The first-order valence-electron chi connectivity index (χ1n) is 7.04. The first-order chi connectivity index (χ1) is 9.40. The van der Waals surface area contributed by atoms with Gasteiger partial charge in [0.05, 0.1) is 18.9 Å². The third-order valence-corrected chi connectivity index (χ3v) is 2.75. The number of carboxylic acid groups (broad SMARTS) is 1. The average Bonchev–Trinajstić information content (AvgIpc) is 2.33. The van der Waals surface area contributed by atoms with Gasteiger partial charge in [0.2, 0.25) is 0 Å². The SMILES string of the molecule is CCCC(CC(=O)O)NC(=O)N(CCC#N)CC(C)C. The van der Waals surface area contributed by atoms with E-state index in [0.29, 0.717) is 25.4 Å². The van der Waals surface area contributed by atoms with Crippen LogP contribution < -0.4 is 5.32 Å². The summed E-state index contributed by atoms with van der Waals surface area (Å²) in [6.45, 7) is 6.86. The van der Waals surface area contributed by atoms with E-state index in [0.717, 1.165) is 6.42 Å². The summed E-state index contributed by atoms with van der Waals surface area (Å²) in [4.78, 5) is 24.5. The van der Waals surface area contributed by atoms with E-state index in [1.54, 1.807) is 4.90 Å². The largest absolute Gasteiger partial charge is 0.481 e. The van der Waals surface area contributed by atoms with Gasteiger partial charge >= 0.3 is 12.0 Å². The van der Waals surface area contributed by atoms with Crippen LogP contribution >= 0.6 is 0 Å². The summed E-state index contributed by atoms with van der Waals surface area (Å²) in [6.07, 6.45) is 1.64. The Morgan fingerprint density at radius 2 is 2.05 bits per heavy atom. The molecule has 0 radical (unpaired) electrons.